The van der Waals surface area contributed by atoms with Gasteiger partial charge < -0.3 is 5.32 Å². The van der Waals surface area contributed by atoms with Gasteiger partial charge in [0.25, 0.3) is 5.91 Å². The van der Waals surface area contributed by atoms with Crippen LogP contribution in [0.2, 0.25) is 0 Å². The largest absolute Gasteiger partial charge is 0.340 e. The van der Waals surface area contributed by atoms with Gasteiger partial charge in [-0.2, -0.15) is 0 Å². The lowest BCUT2D eigenvalue weighted by atomic mass is 10.1. The number of carbonyl (C=O) groups is 1. The van der Waals surface area contributed by atoms with Crippen LogP contribution in [0.1, 0.15) is 26.2 Å². The molecule has 1 amide bonds. The molecule has 4 nitrogen and oxygen atoms in total. The van der Waals surface area contributed by atoms with E-state index in [9.17, 15) is 9.18 Å². The van der Waals surface area contributed by atoms with Crippen molar-refractivity contribution in [2.24, 2.45) is 0 Å². The first-order valence-corrected chi connectivity index (χ1v) is 10.7. The number of rotatable bonds is 4. The number of thiophene rings is 2. The van der Waals surface area contributed by atoms with Crippen LogP contribution in [-0.4, -0.2) is 15.3 Å². The van der Waals surface area contributed by atoms with Crippen LogP contribution in [0.4, 0.5) is 4.39 Å². The zero-order chi connectivity index (χ0) is 18.4. The Kier molecular flexibility index (Phi) is 4.04. The molecule has 0 aliphatic rings. The highest BCUT2D eigenvalue weighted by atomic mass is 32.1. The van der Waals surface area contributed by atoms with Crippen LogP contribution in [0.25, 0.3) is 15.3 Å². The molecule has 0 spiro atoms. The van der Waals surface area contributed by atoms with E-state index in [1.807, 2.05) is 39.6 Å². The summed E-state index contributed by atoms with van der Waals surface area (Å²) >= 11 is 4.50. The number of hydrogen-bond donors (Lipinski definition) is 1. The van der Waals surface area contributed by atoms with Gasteiger partial charge in [-0.05, 0) is 35.2 Å². The molecule has 1 atom stereocenters. The third-order valence-corrected chi connectivity index (χ3v) is 6.98. The lowest BCUT2D eigenvalue weighted by Gasteiger charge is -2.17. The number of amides is 1. The van der Waals surface area contributed by atoms with Gasteiger partial charge in [0.2, 0.25) is 0 Å². The molecule has 5 aromatic rings. The molecule has 8 heteroatoms. The second-order valence-corrected chi connectivity index (χ2v) is 8.82. The van der Waals surface area contributed by atoms with Gasteiger partial charge >= 0.3 is 0 Å². The van der Waals surface area contributed by atoms with Crippen LogP contribution in [0.3, 0.4) is 0 Å². The average Bonchev–Trinajstić information content (AvgIpc) is 3.42. The lowest BCUT2D eigenvalue weighted by molar-refractivity contribution is 0.0947. The van der Waals surface area contributed by atoms with Crippen molar-refractivity contribution in [1.82, 2.24) is 14.7 Å². The van der Waals surface area contributed by atoms with Crippen molar-refractivity contribution >= 4 is 55.2 Å². The molecule has 0 aliphatic carbocycles. The van der Waals surface area contributed by atoms with Crippen LogP contribution < -0.4 is 5.32 Å². The van der Waals surface area contributed by atoms with Gasteiger partial charge in [-0.15, -0.1) is 34.0 Å². The van der Waals surface area contributed by atoms with Crippen LogP contribution in [-0.2, 0) is 0 Å². The Balaban J connectivity index is 1.49. The topological polar surface area (TPSA) is 46.4 Å². The molecule has 0 saturated carbocycles. The number of nitrogens with one attached hydrogen (secondary N) is 1. The summed E-state index contributed by atoms with van der Waals surface area (Å²) in [5, 5.41) is 7.03. The van der Waals surface area contributed by atoms with Crippen LogP contribution in [0.15, 0.2) is 59.4 Å². The summed E-state index contributed by atoms with van der Waals surface area (Å²) in [7, 11) is 0. The summed E-state index contributed by atoms with van der Waals surface area (Å²) in [6.45, 7) is 0. The van der Waals surface area contributed by atoms with E-state index in [0.717, 1.165) is 25.7 Å². The van der Waals surface area contributed by atoms with Crippen molar-refractivity contribution in [1.29, 1.82) is 0 Å². The highest BCUT2D eigenvalue weighted by Crippen LogP contribution is 2.30. The molecule has 0 fully saturated rings. The van der Waals surface area contributed by atoms with E-state index >= 15 is 0 Å². The zero-order valence-electron chi connectivity index (χ0n) is 13.8. The van der Waals surface area contributed by atoms with Gasteiger partial charge in [0.1, 0.15) is 10.6 Å². The fraction of sp³-hybridized carbons (Fsp3) is 0.0526. The minimum absolute atomic E-state index is 0.162. The highest BCUT2D eigenvalue weighted by molar-refractivity contribution is 7.21. The Hall–Kier alpha value is -2.55. The maximum atomic E-state index is 13.3. The molecular weight excluding hydrogens is 401 g/mol. The van der Waals surface area contributed by atoms with Gasteiger partial charge in [0.05, 0.1) is 16.4 Å². The second kappa shape index (κ2) is 6.56. The van der Waals surface area contributed by atoms with Crippen LogP contribution in [0, 0.1) is 5.82 Å². The first-order valence-electron chi connectivity index (χ1n) is 8.14. The molecule has 4 heterocycles. The summed E-state index contributed by atoms with van der Waals surface area (Å²) < 4.78 is 15.3. The van der Waals surface area contributed by atoms with Crippen molar-refractivity contribution in [3.05, 3.63) is 80.6 Å². The Morgan fingerprint density at radius 3 is 2.78 bits per heavy atom. The standard InChI is InChI=1S/C19H12FN3OS3/c20-12-5-3-11(4-6-12)16(14-2-1-8-25-14)21-17(24)15-10-13-18(27-15)22-19-23(13)7-9-26-19/h1-10,16H,(H,21,24). The van der Waals surface area contributed by atoms with E-state index in [4.69, 9.17) is 0 Å². The predicted molar refractivity (Wildman–Crippen MR) is 108 cm³/mol. The summed E-state index contributed by atoms with van der Waals surface area (Å²) in [4.78, 5) is 20.9. The molecule has 5 rings (SSSR count). The van der Waals surface area contributed by atoms with E-state index < -0.39 is 0 Å². The number of imidazole rings is 1. The lowest BCUT2D eigenvalue weighted by Crippen LogP contribution is -2.28. The van der Waals surface area contributed by atoms with Crippen molar-refractivity contribution < 1.29 is 9.18 Å². The minimum Gasteiger partial charge on any atom is -0.340 e. The first-order chi connectivity index (χ1) is 13.2. The number of aromatic nitrogens is 2. The molecule has 1 aromatic carbocycles. The number of fused-ring (bicyclic) bond motifs is 3. The van der Waals surface area contributed by atoms with E-state index in [1.54, 1.807) is 34.8 Å². The first kappa shape index (κ1) is 16.6. The maximum absolute atomic E-state index is 13.3. The summed E-state index contributed by atoms with van der Waals surface area (Å²) in [5.74, 6) is -0.459. The normalized spacial score (nSPS) is 12.6. The molecule has 0 bridgehead atoms. The Bertz CT molecular complexity index is 1230. The van der Waals surface area contributed by atoms with Crippen molar-refractivity contribution in [2.45, 2.75) is 6.04 Å². The SMILES string of the molecule is O=C(NC(c1ccc(F)cc1)c1cccs1)c1cc2c(nc3sccn32)s1. The van der Waals surface area contributed by atoms with Crippen LogP contribution >= 0.6 is 34.0 Å². The Morgan fingerprint density at radius 1 is 1.15 bits per heavy atom. The number of carbonyl (C=O) groups excluding carboxylic acids is 1. The Labute approximate surface area is 165 Å². The molecule has 4 aromatic heterocycles. The quantitative estimate of drug-likeness (QED) is 0.433. The van der Waals surface area contributed by atoms with Crippen molar-refractivity contribution in [3.63, 3.8) is 0 Å². The van der Waals surface area contributed by atoms with Crippen molar-refractivity contribution in [2.75, 3.05) is 0 Å². The fourth-order valence-electron chi connectivity index (χ4n) is 2.99. The third kappa shape index (κ3) is 2.95. The maximum Gasteiger partial charge on any atom is 0.262 e. The van der Waals surface area contributed by atoms with Gasteiger partial charge in [-0.3, -0.25) is 9.20 Å². The molecular formula is C19H12FN3OS3. The average molecular weight is 414 g/mol. The molecule has 1 N–H and O–H groups in total. The van der Waals surface area contributed by atoms with Crippen LogP contribution in [0.5, 0.6) is 0 Å². The van der Waals surface area contributed by atoms with Gasteiger partial charge in [-0.1, -0.05) is 18.2 Å². The fourth-order valence-corrected chi connectivity index (χ4v) is 5.50. The van der Waals surface area contributed by atoms with Gasteiger partial charge in [-0.25, -0.2) is 9.37 Å². The molecule has 27 heavy (non-hydrogen) atoms. The summed E-state index contributed by atoms with van der Waals surface area (Å²) in [6, 6.07) is 11.7. The van der Waals surface area contributed by atoms with E-state index in [2.05, 4.69) is 10.3 Å². The number of nitrogens with zero attached hydrogens (tertiary/aromatic N) is 2. The number of thiazole rings is 1. The number of halogens is 1. The molecule has 134 valence electrons. The number of benzene rings is 1. The Morgan fingerprint density at radius 2 is 2.00 bits per heavy atom. The smallest absolute Gasteiger partial charge is 0.262 e. The molecule has 0 saturated heterocycles. The van der Waals surface area contributed by atoms with Gasteiger partial charge in [0, 0.05) is 16.5 Å². The third-order valence-electron chi connectivity index (χ3n) is 4.27. The van der Waals surface area contributed by atoms with E-state index in [1.165, 1.54) is 23.5 Å². The molecule has 0 radical (unpaired) electrons. The van der Waals surface area contributed by atoms with E-state index in [0.29, 0.717) is 4.88 Å². The summed E-state index contributed by atoms with van der Waals surface area (Å²) in [5.41, 5.74) is 1.78. The highest BCUT2D eigenvalue weighted by Gasteiger charge is 2.21. The zero-order valence-corrected chi connectivity index (χ0v) is 16.2. The second-order valence-electron chi connectivity index (χ2n) is 5.94. The van der Waals surface area contributed by atoms with E-state index in [-0.39, 0.29) is 17.8 Å². The van der Waals surface area contributed by atoms with Crippen molar-refractivity contribution in [3.8, 4) is 0 Å². The minimum atomic E-state index is -0.323. The summed E-state index contributed by atoms with van der Waals surface area (Å²) in [6.07, 6.45) is 1.96. The number of hydrogen-bond acceptors (Lipinski definition) is 5. The molecule has 1 unspecified atom stereocenters. The monoisotopic (exact) mass is 413 g/mol. The molecule has 0 aliphatic heterocycles. The van der Waals surface area contributed by atoms with Gasteiger partial charge in [0.15, 0.2) is 4.96 Å². The predicted octanol–water partition coefficient (Wildman–Crippen LogP) is 5.33.